The summed E-state index contributed by atoms with van der Waals surface area (Å²) in [4.78, 5) is 36.0. The van der Waals surface area contributed by atoms with Crippen molar-refractivity contribution in [3.8, 4) is 0 Å². The van der Waals surface area contributed by atoms with Crippen molar-refractivity contribution in [3.05, 3.63) is 93.9 Å². The SMILES string of the molecule is O=C1NC(=O)/C(=C\c2cccc(NC(=O)c3ccc(NS(=O)(=O)c4ccc(Cl)cc4)cc3)c2)S1. The van der Waals surface area contributed by atoms with Crippen molar-refractivity contribution < 1.29 is 22.8 Å². The molecule has 1 aliphatic rings. The number of halogens is 1. The lowest BCUT2D eigenvalue weighted by molar-refractivity contribution is -0.115. The number of nitrogens with one attached hydrogen (secondary N) is 3. The lowest BCUT2D eigenvalue weighted by atomic mass is 10.1. The van der Waals surface area contributed by atoms with E-state index in [0.717, 1.165) is 11.8 Å². The van der Waals surface area contributed by atoms with E-state index in [1.54, 1.807) is 30.3 Å². The first-order valence-corrected chi connectivity index (χ1v) is 12.4. The Labute approximate surface area is 204 Å². The minimum absolute atomic E-state index is 0.0615. The average molecular weight is 514 g/mol. The Kier molecular flexibility index (Phi) is 6.73. The number of sulfonamides is 1. The Morgan fingerprint density at radius 3 is 2.29 bits per heavy atom. The molecule has 0 atom stereocenters. The van der Waals surface area contributed by atoms with E-state index in [4.69, 9.17) is 11.6 Å². The van der Waals surface area contributed by atoms with E-state index >= 15 is 0 Å². The molecule has 11 heteroatoms. The summed E-state index contributed by atoms with van der Waals surface area (Å²) in [6.07, 6.45) is 1.56. The Hall–Kier alpha value is -3.60. The molecule has 0 bridgehead atoms. The molecule has 1 saturated heterocycles. The maximum absolute atomic E-state index is 12.6. The van der Waals surface area contributed by atoms with E-state index in [1.165, 1.54) is 48.5 Å². The minimum atomic E-state index is -3.80. The molecule has 3 aromatic rings. The van der Waals surface area contributed by atoms with Crippen LogP contribution in [0.15, 0.2) is 82.6 Å². The standard InChI is InChI=1S/C23H16ClN3O5S2/c24-16-6-10-19(11-7-16)34(31,32)27-17-8-4-15(5-9-17)21(28)25-18-3-1-2-14(12-18)13-20-22(29)26-23(30)33-20/h1-13,27H,(H,25,28)(H,26,29,30)/b20-13+. The van der Waals surface area contributed by atoms with E-state index < -0.39 is 27.1 Å². The largest absolute Gasteiger partial charge is 0.322 e. The molecule has 4 rings (SSSR count). The van der Waals surface area contributed by atoms with Crippen molar-refractivity contribution in [2.45, 2.75) is 4.90 Å². The van der Waals surface area contributed by atoms with Crippen molar-refractivity contribution in [2.24, 2.45) is 0 Å². The highest BCUT2D eigenvalue weighted by atomic mass is 35.5. The number of hydrogen-bond acceptors (Lipinski definition) is 6. The number of hydrogen-bond donors (Lipinski definition) is 3. The third-order valence-electron chi connectivity index (χ3n) is 4.61. The van der Waals surface area contributed by atoms with E-state index in [-0.39, 0.29) is 9.80 Å². The smallest absolute Gasteiger partial charge is 0.290 e. The van der Waals surface area contributed by atoms with Gasteiger partial charge in [0.25, 0.3) is 27.1 Å². The summed E-state index contributed by atoms with van der Waals surface area (Å²) in [7, 11) is -3.80. The van der Waals surface area contributed by atoms with Crippen LogP contribution in [0.5, 0.6) is 0 Å². The fraction of sp³-hybridized carbons (Fsp3) is 0. The second-order valence-electron chi connectivity index (χ2n) is 7.07. The lowest BCUT2D eigenvalue weighted by Crippen LogP contribution is -2.17. The molecule has 1 heterocycles. The predicted molar refractivity (Wildman–Crippen MR) is 132 cm³/mol. The van der Waals surface area contributed by atoms with Crippen LogP contribution in [0.4, 0.5) is 16.2 Å². The van der Waals surface area contributed by atoms with Crippen LogP contribution >= 0.6 is 23.4 Å². The fourth-order valence-corrected chi connectivity index (χ4v) is 4.87. The monoisotopic (exact) mass is 513 g/mol. The Morgan fingerprint density at radius 1 is 0.941 bits per heavy atom. The van der Waals surface area contributed by atoms with Gasteiger partial charge < -0.3 is 5.32 Å². The van der Waals surface area contributed by atoms with Gasteiger partial charge in [0.2, 0.25) is 0 Å². The summed E-state index contributed by atoms with van der Waals surface area (Å²) < 4.78 is 27.4. The molecule has 0 radical (unpaired) electrons. The van der Waals surface area contributed by atoms with Gasteiger partial charge in [-0.05, 0) is 84.1 Å². The average Bonchev–Trinajstić information content (AvgIpc) is 3.11. The van der Waals surface area contributed by atoms with Crippen molar-refractivity contribution in [1.82, 2.24) is 5.32 Å². The van der Waals surface area contributed by atoms with Gasteiger partial charge in [0, 0.05) is 22.0 Å². The first-order valence-electron chi connectivity index (χ1n) is 9.74. The van der Waals surface area contributed by atoms with Crippen molar-refractivity contribution in [2.75, 3.05) is 10.0 Å². The normalized spacial score (nSPS) is 14.7. The van der Waals surface area contributed by atoms with Crippen LogP contribution in [-0.2, 0) is 14.8 Å². The van der Waals surface area contributed by atoms with Crippen LogP contribution in [0.2, 0.25) is 5.02 Å². The summed E-state index contributed by atoms with van der Waals surface area (Å²) in [5, 5.41) is 4.93. The molecule has 3 aromatic carbocycles. The predicted octanol–water partition coefficient (Wildman–Crippen LogP) is 4.72. The highest BCUT2D eigenvalue weighted by Gasteiger charge is 2.25. The maximum atomic E-state index is 12.6. The summed E-state index contributed by atoms with van der Waals surface area (Å²) >= 11 is 6.61. The van der Waals surface area contributed by atoms with Gasteiger partial charge in [0.1, 0.15) is 0 Å². The fourth-order valence-electron chi connectivity index (χ4n) is 3.00. The quantitative estimate of drug-likeness (QED) is 0.410. The number of carbonyl (C=O) groups is 3. The molecular formula is C23H16ClN3O5S2. The summed E-state index contributed by atoms with van der Waals surface area (Å²) in [5.41, 5.74) is 1.73. The van der Waals surface area contributed by atoms with Gasteiger partial charge >= 0.3 is 0 Å². The van der Waals surface area contributed by atoms with Crippen molar-refractivity contribution in [3.63, 3.8) is 0 Å². The summed E-state index contributed by atoms with van der Waals surface area (Å²) in [6.45, 7) is 0. The molecular weight excluding hydrogens is 498 g/mol. The van der Waals surface area contributed by atoms with Gasteiger partial charge in [-0.25, -0.2) is 8.42 Å². The van der Waals surface area contributed by atoms with Crippen LogP contribution in [0.3, 0.4) is 0 Å². The zero-order chi connectivity index (χ0) is 24.3. The molecule has 0 aliphatic carbocycles. The Morgan fingerprint density at radius 2 is 1.65 bits per heavy atom. The Balaban J connectivity index is 1.43. The molecule has 0 spiro atoms. The van der Waals surface area contributed by atoms with E-state index in [1.807, 2.05) is 0 Å². The molecule has 3 N–H and O–H groups in total. The second kappa shape index (κ2) is 9.72. The number of imide groups is 1. The van der Waals surface area contributed by atoms with Crippen LogP contribution < -0.4 is 15.4 Å². The van der Waals surface area contributed by atoms with Gasteiger partial charge in [-0.15, -0.1) is 0 Å². The molecule has 34 heavy (non-hydrogen) atoms. The number of amides is 3. The van der Waals surface area contributed by atoms with Gasteiger partial charge in [-0.3, -0.25) is 24.4 Å². The van der Waals surface area contributed by atoms with Crippen molar-refractivity contribution in [1.29, 1.82) is 0 Å². The second-order valence-corrected chi connectivity index (χ2v) is 10.2. The van der Waals surface area contributed by atoms with Crippen LogP contribution in [0.25, 0.3) is 6.08 Å². The third-order valence-corrected chi connectivity index (χ3v) is 7.07. The van der Waals surface area contributed by atoms with Gasteiger partial charge in [0.05, 0.1) is 9.80 Å². The van der Waals surface area contributed by atoms with E-state index in [0.29, 0.717) is 27.5 Å². The van der Waals surface area contributed by atoms with Crippen molar-refractivity contribution >= 4 is 67.9 Å². The number of rotatable bonds is 6. The highest BCUT2D eigenvalue weighted by molar-refractivity contribution is 8.18. The molecule has 0 unspecified atom stereocenters. The number of thioether (sulfide) groups is 1. The summed E-state index contributed by atoms with van der Waals surface area (Å²) in [5.74, 6) is -0.865. The number of carbonyl (C=O) groups excluding carboxylic acids is 3. The Bertz CT molecular complexity index is 1420. The zero-order valence-electron chi connectivity index (χ0n) is 17.2. The van der Waals surface area contributed by atoms with Crippen LogP contribution in [0, 0.1) is 0 Å². The third kappa shape index (κ3) is 5.66. The molecule has 1 aliphatic heterocycles. The first kappa shape index (κ1) is 23.6. The van der Waals surface area contributed by atoms with Gasteiger partial charge in [-0.1, -0.05) is 23.7 Å². The van der Waals surface area contributed by atoms with Crippen LogP contribution in [-0.4, -0.2) is 25.5 Å². The highest BCUT2D eigenvalue weighted by Crippen LogP contribution is 2.26. The molecule has 1 fully saturated rings. The molecule has 0 saturated carbocycles. The van der Waals surface area contributed by atoms with E-state index in [2.05, 4.69) is 15.4 Å². The number of benzene rings is 3. The molecule has 3 amide bonds. The lowest BCUT2D eigenvalue weighted by Gasteiger charge is -2.10. The minimum Gasteiger partial charge on any atom is -0.322 e. The molecule has 172 valence electrons. The van der Waals surface area contributed by atoms with Gasteiger partial charge in [-0.2, -0.15) is 0 Å². The molecule has 0 aromatic heterocycles. The maximum Gasteiger partial charge on any atom is 0.290 e. The zero-order valence-corrected chi connectivity index (χ0v) is 19.6. The van der Waals surface area contributed by atoms with Gasteiger partial charge in [0.15, 0.2) is 0 Å². The summed E-state index contributed by atoms with van der Waals surface area (Å²) in [6, 6.07) is 18.5. The topological polar surface area (TPSA) is 121 Å². The first-order chi connectivity index (χ1) is 16.2. The van der Waals surface area contributed by atoms with E-state index in [9.17, 15) is 22.8 Å². The number of anilines is 2. The molecule has 8 nitrogen and oxygen atoms in total. The van der Waals surface area contributed by atoms with Crippen LogP contribution in [0.1, 0.15) is 15.9 Å².